The lowest BCUT2D eigenvalue weighted by Gasteiger charge is -2.21. The zero-order valence-corrected chi connectivity index (χ0v) is 9.93. The topological polar surface area (TPSA) is 37.4 Å². The van der Waals surface area contributed by atoms with Gasteiger partial charge in [0.1, 0.15) is 0 Å². The van der Waals surface area contributed by atoms with Gasteiger partial charge < -0.3 is 4.90 Å². The van der Waals surface area contributed by atoms with E-state index in [4.69, 9.17) is 0 Å². The van der Waals surface area contributed by atoms with Crippen molar-refractivity contribution < 1.29 is 9.59 Å². The second-order valence-electron chi connectivity index (χ2n) is 3.47. The Bertz CT molecular complexity index is 192. The van der Waals surface area contributed by atoms with Crippen molar-refractivity contribution in [3.63, 3.8) is 0 Å². The molecule has 0 aliphatic rings. The highest BCUT2D eigenvalue weighted by molar-refractivity contribution is 9.09. The summed E-state index contributed by atoms with van der Waals surface area (Å²) in [6.07, 6.45) is 0. The first-order valence-electron chi connectivity index (χ1n) is 4.30. The molecule has 0 aromatic heterocycles. The van der Waals surface area contributed by atoms with Gasteiger partial charge in [-0.2, -0.15) is 0 Å². The molecule has 0 aliphatic heterocycles. The first-order chi connectivity index (χ1) is 5.97. The van der Waals surface area contributed by atoms with E-state index < -0.39 is 0 Å². The standard InChI is InChI=1S/C9H16BrNO2/c1-7(2)5-11(8(3)12)6-9(13)4-10/h7H,4-6H2,1-3H3. The summed E-state index contributed by atoms with van der Waals surface area (Å²) in [5, 5.41) is 0.314. The maximum absolute atomic E-state index is 11.1. The van der Waals surface area contributed by atoms with Gasteiger partial charge in [0.15, 0.2) is 5.78 Å². The van der Waals surface area contributed by atoms with Gasteiger partial charge in [0.05, 0.1) is 11.9 Å². The molecule has 0 radical (unpaired) electrons. The molecule has 0 saturated carbocycles. The summed E-state index contributed by atoms with van der Waals surface area (Å²) < 4.78 is 0. The summed E-state index contributed by atoms with van der Waals surface area (Å²) >= 11 is 3.07. The monoisotopic (exact) mass is 249 g/mol. The highest BCUT2D eigenvalue weighted by atomic mass is 79.9. The van der Waals surface area contributed by atoms with E-state index in [0.29, 0.717) is 17.8 Å². The molecular formula is C9H16BrNO2. The summed E-state index contributed by atoms with van der Waals surface area (Å²) in [4.78, 5) is 23.7. The molecule has 0 heterocycles. The highest BCUT2D eigenvalue weighted by Gasteiger charge is 2.13. The molecule has 1 amide bonds. The molecular weight excluding hydrogens is 234 g/mol. The van der Waals surface area contributed by atoms with Crippen LogP contribution < -0.4 is 0 Å². The number of carbonyl (C=O) groups excluding carboxylic acids is 2. The van der Waals surface area contributed by atoms with Gasteiger partial charge in [-0.3, -0.25) is 9.59 Å². The zero-order chi connectivity index (χ0) is 10.4. The van der Waals surface area contributed by atoms with Gasteiger partial charge in [-0.25, -0.2) is 0 Å². The molecule has 0 aliphatic carbocycles. The zero-order valence-electron chi connectivity index (χ0n) is 8.34. The Hall–Kier alpha value is -0.380. The molecule has 0 spiro atoms. The van der Waals surface area contributed by atoms with Gasteiger partial charge in [0, 0.05) is 13.5 Å². The molecule has 0 aromatic carbocycles. The third-order valence-electron chi connectivity index (χ3n) is 1.55. The number of hydrogen-bond donors (Lipinski definition) is 0. The summed E-state index contributed by atoms with van der Waals surface area (Å²) in [7, 11) is 0. The molecule has 4 heteroatoms. The lowest BCUT2D eigenvalue weighted by Crippen LogP contribution is -2.37. The van der Waals surface area contributed by atoms with Gasteiger partial charge in [0.25, 0.3) is 0 Å². The lowest BCUT2D eigenvalue weighted by atomic mass is 10.2. The molecule has 0 rings (SSSR count). The largest absolute Gasteiger partial charge is 0.335 e. The first-order valence-corrected chi connectivity index (χ1v) is 5.42. The van der Waals surface area contributed by atoms with Crippen molar-refractivity contribution in [3.8, 4) is 0 Å². The predicted molar refractivity (Wildman–Crippen MR) is 55.9 cm³/mol. The van der Waals surface area contributed by atoms with Gasteiger partial charge in [-0.15, -0.1) is 0 Å². The molecule has 3 nitrogen and oxygen atoms in total. The van der Waals surface area contributed by atoms with Crippen LogP contribution in [0.3, 0.4) is 0 Å². The van der Waals surface area contributed by atoms with Gasteiger partial charge in [0.2, 0.25) is 5.91 Å². The fraction of sp³-hybridized carbons (Fsp3) is 0.778. The van der Waals surface area contributed by atoms with Crippen LogP contribution in [0.2, 0.25) is 0 Å². The SMILES string of the molecule is CC(=O)N(CC(=O)CBr)CC(C)C. The Morgan fingerprint density at radius 2 is 1.92 bits per heavy atom. The van der Waals surface area contributed by atoms with Crippen molar-refractivity contribution in [3.05, 3.63) is 0 Å². The van der Waals surface area contributed by atoms with Crippen LogP contribution in [-0.2, 0) is 9.59 Å². The maximum atomic E-state index is 11.1. The Balaban J connectivity index is 4.10. The van der Waals surface area contributed by atoms with Crippen molar-refractivity contribution in [2.45, 2.75) is 20.8 Å². The average Bonchev–Trinajstić information content (AvgIpc) is 2.02. The number of alkyl halides is 1. The summed E-state index contributed by atoms with van der Waals surface area (Å²) in [5.41, 5.74) is 0. The van der Waals surface area contributed by atoms with Crippen LogP contribution in [0.5, 0.6) is 0 Å². The molecule has 0 aromatic rings. The molecule has 0 N–H and O–H groups in total. The normalized spacial score (nSPS) is 10.2. The summed E-state index contributed by atoms with van der Waals surface area (Å²) in [5.74, 6) is 0.394. The van der Waals surface area contributed by atoms with Crippen LogP contribution >= 0.6 is 15.9 Å². The Morgan fingerprint density at radius 3 is 2.23 bits per heavy atom. The Labute approximate surface area is 87.6 Å². The third-order valence-corrected chi connectivity index (χ3v) is 2.17. The average molecular weight is 250 g/mol. The number of hydrogen-bond acceptors (Lipinski definition) is 2. The lowest BCUT2D eigenvalue weighted by molar-refractivity contribution is -0.133. The summed E-state index contributed by atoms with van der Waals surface area (Å²) in [6, 6.07) is 0. The fourth-order valence-corrected chi connectivity index (χ4v) is 1.18. The molecule has 0 atom stereocenters. The van der Waals surface area contributed by atoms with Crippen LogP contribution in [0.1, 0.15) is 20.8 Å². The smallest absolute Gasteiger partial charge is 0.219 e. The first kappa shape index (κ1) is 12.6. The third kappa shape index (κ3) is 5.80. The minimum absolute atomic E-state index is 0.0378. The minimum Gasteiger partial charge on any atom is -0.335 e. The van der Waals surface area contributed by atoms with Crippen molar-refractivity contribution in [2.24, 2.45) is 5.92 Å². The van der Waals surface area contributed by atoms with E-state index in [1.165, 1.54) is 6.92 Å². The van der Waals surface area contributed by atoms with Crippen LogP contribution in [0.15, 0.2) is 0 Å². The molecule has 76 valence electrons. The van der Waals surface area contributed by atoms with E-state index in [-0.39, 0.29) is 18.2 Å². The van der Waals surface area contributed by atoms with Gasteiger partial charge in [-0.05, 0) is 5.92 Å². The van der Waals surface area contributed by atoms with E-state index >= 15 is 0 Å². The fourth-order valence-electron chi connectivity index (χ4n) is 1.00. The van der Waals surface area contributed by atoms with Crippen LogP contribution in [0, 0.1) is 5.92 Å². The van der Waals surface area contributed by atoms with Gasteiger partial charge >= 0.3 is 0 Å². The van der Waals surface area contributed by atoms with E-state index in [0.717, 1.165) is 0 Å². The number of halogens is 1. The number of carbonyl (C=O) groups is 2. The molecule has 0 fully saturated rings. The second kappa shape index (κ2) is 6.13. The second-order valence-corrected chi connectivity index (χ2v) is 4.03. The number of amides is 1. The minimum atomic E-state index is -0.0389. The van der Waals surface area contributed by atoms with E-state index in [1.807, 2.05) is 13.8 Å². The molecule has 13 heavy (non-hydrogen) atoms. The van der Waals surface area contributed by atoms with Crippen molar-refractivity contribution in [1.82, 2.24) is 4.90 Å². The van der Waals surface area contributed by atoms with E-state index in [1.54, 1.807) is 4.90 Å². The van der Waals surface area contributed by atoms with Crippen LogP contribution in [-0.4, -0.2) is 35.0 Å². The van der Waals surface area contributed by atoms with Crippen LogP contribution in [0.25, 0.3) is 0 Å². The maximum Gasteiger partial charge on any atom is 0.219 e. The van der Waals surface area contributed by atoms with Crippen molar-refractivity contribution >= 4 is 27.6 Å². The van der Waals surface area contributed by atoms with Crippen LogP contribution in [0.4, 0.5) is 0 Å². The van der Waals surface area contributed by atoms with Crippen molar-refractivity contribution in [2.75, 3.05) is 18.4 Å². The number of nitrogens with zero attached hydrogens (tertiary/aromatic N) is 1. The molecule has 0 bridgehead atoms. The number of ketones is 1. The van der Waals surface area contributed by atoms with Gasteiger partial charge in [-0.1, -0.05) is 29.8 Å². The quantitative estimate of drug-likeness (QED) is 0.692. The van der Waals surface area contributed by atoms with Crippen molar-refractivity contribution in [1.29, 1.82) is 0 Å². The Kier molecular flexibility index (Phi) is 5.95. The van der Waals surface area contributed by atoms with E-state index in [2.05, 4.69) is 15.9 Å². The Morgan fingerprint density at radius 1 is 1.38 bits per heavy atom. The predicted octanol–water partition coefficient (Wildman–Crippen LogP) is 1.45. The van der Waals surface area contributed by atoms with E-state index in [9.17, 15) is 9.59 Å². The molecule has 0 unspecified atom stereocenters. The molecule has 0 saturated heterocycles. The highest BCUT2D eigenvalue weighted by Crippen LogP contribution is 2.00. The number of rotatable bonds is 5. The number of Topliss-reactive ketones (excluding diaryl/α,β-unsaturated/α-hetero) is 1. The summed E-state index contributed by atoms with van der Waals surface area (Å²) in [6.45, 7) is 6.40.